The van der Waals surface area contributed by atoms with Crippen molar-refractivity contribution in [3.63, 3.8) is 0 Å². The highest BCUT2D eigenvalue weighted by Gasteiger charge is 2.28. The fourth-order valence-electron chi connectivity index (χ4n) is 3.04. The number of hydrogen-bond acceptors (Lipinski definition) is 5. The molecule has 2 aliphatic rings. The number of hydrazone groups is 1. The molecule has 2 heterocycles. The lowest BCUT2D eigenvalue weighted by Gasteiger charge is -2.35. The molecule has 8 heteroatoms. The normalized spacial score (nSPS) is 17.4. The molecule has 8 nitrogen and oxygen atoms in total. The summed E-state index contributed by atoms with van der Waals surface area (Å²) in [6.45, 7) is 1.92. The summed E-state index contributed by atoms with van der Waals surface area (Å²) < 4.78 is 5.18. The summed E-state index contributed by atoms with van der Waals surface area (Å²) >= 11 is 0. The minimum absolute atomic E-state index is 0.0348. The van der Waals surface area contributed by atoms with Gasteiger partial charge in [-0.1, -0.05) is 12.1 Å². The first-order valence-electron chi connectivity index (χ1n) is 8.62. The predicted molar refractivity (Wildman–Crippen MR) is 94.7 cm³/mol. The Balaban J connectivity index is 1.52. The van der Waals surface area contributed by atoms with Crippen molar-refractivity contribution >= 4 is 23.4 Å². The highest BCUT2D eigenvalue weighted by Crippen LogP contribution is 2.15. The number of piperazine rings is 1. The molecule has 0 aliphatic carbocycles. The maximum atomic E-state index is 12.5. The summed E-state index contributed by atoms with van der Waals surface area (Å²) in [7, 11) is 1.60. The Labute approximate surface area is 151 Å². The minimum Gasteiger partial charge on any atom is -0.497 e. The maximum absolute atomic E-state index is 12.5. The lowest BCUT2D eigenvalue weighted by molar-refractivity contribution is -0.136. The van der Waals surface area contributed by atoms with E-state index in [0.717, 1.165) is 11.3 Å². The molecule has 1 N–H and O–H groups in total. The van der Waals surface area contributed by atoms with Gasteiger partial charge < -0.3 is 14.5 Å². The summed E-state index contributed by atoms with van der Waals surface area (Å²) in [6, 6.07) is 7.46. The zero-order valence-electron chi connectivity index (χ0n) is 14.7. The van der Waals surface area contributed by atoms with Crippen LogP contribution in [0.1, 0.15) is 18.4 Å². The molecule has 0 saturated carbocycles. The summed E-state index contributed by atoms with van der Waals surface area (Å²) in [4.78, 5) is 39.5. The lowest BCUT2D eigenvalue weighted by Crippen LogP contribution is -2.53. The van der Waals surface area contributed by atoms with Gasteiger partial charge in [-0.3, -0.25) is 14.4 Å². The molecule has 1 saturated heterocycles. The molecule has 1 aromatic rings. The van der Waals surface area contributed by atoms with E-state index >= 15 is 0 Å². The summed E-state index contributed by atoms with van der Waals surface area (Å²) in [5.41, 5.74) is 3.62. The van der Waals surface area contributed by atoms with E-state index in [-0.39, 0.29) is 24.1 Å². The molecule has 0 radical (unpaired) electrons. The largest absolute Gasteiger partial charge is 0.497 e. The molecule has 1 aromatic carbocycles. The van der Waals surface area contributed by atoms with Crippen LogP contribution in [0.3, 0.4) is 0 Å². The number of rotatable bonds is 4. The molecule has 138 valence electrons. The number of methoxy groups -OCH3 is 1. The highest BCUT2D eigenvalue weighted by molar-refractivity contribution is 6.39. The Hall–Kier alpha value is -2.90. The zero-order chi connectivity index (χ0) is 18.5. The maximum Gasteiger partial charge on any atom is 0.270 e. The summed E-state index contributed by atoms with van der Waals surface area (Å²) in [6.07, 6.45) is 0.951. The lowest BCUT2D eigenvalue weighted by atomic mass is 10.1. The van der Waals surface area contributed by atoms with Gasteiger partial charge in [0.15, 0.2) is 0 Å². The monoisotopic (exact) mass is 358 g/mol. The predicted octanol–water partition coefficient (Wildman–Crippen LogP) is 0.175. The third-order valence-electron chi connectivity index (χ3n) is 4.56. The standard InChI is InChI=1S/C18H22N4O4/c1-26-14-4-2-3-13(11-14)12-17(24)21-7-9-22(10-8-21)18(25)15-5-6-16(23)20-19-15/h2-4,11H,5-10,12H2,1H3,(H,20,23). The van der Waals surface area contributed by atoms with E-state index in [1.165, 1.54) is 0 Å². The van der Waals surface area contributed by atoms with Gasteiger partial charge in [0.2, 0.25) is 11.8 Å². The van der Waals surface area contributed by atoms with Crippen LogP contribution in [-0.2, 0) is 20.8 Å². The molecule has 26 heavy (non-hydrogen) atoms. The summed E-state index contributed by atoms with van der Waals surface area (Å²) in [5.74, 6) is 0.429. The number of benzene rings is 1. The van der Waals surface area contributed by atoms with E-state index in [9.17, 15) is 14.4 Å². The van der Waals surface area contributed by atoms with Crippen molar-refractivity contribution in [1.29, 1.82) is 0 Å². The number of nitrogens with one attached hydrogen (secondary N) is 1. The molecule has 0 spiro atoms. The molecular weight excluding hydrogens is 336 g/mol. The molecule has 0 aromatic heterocycles. The van der Waals surface area contributed by atoms with Crippen LogP contribution in [0.15, 0.2) is 29.4 Å². The minimum atomic E-state index is -0.172. The Morgan fingerprint density at radius 2 is 1.88 bits per heavy atom. The molecule has 0 unspecified atom stereocenters. The fourth-order valence-corrected chi connectivity index (χ4v) is 3.04. The van der Waals surface area contributed by atoms with Crippen LogP contribution in [0.25, 0.3) is 0 Å². The van der Waals surface area contributed by atoms with E-state index in [1.807, 2.05) is 24.3 Å². The molecule has 3 amide bonds. The van der Waals surface area contributed by atoms with Gasteiger partial charge in [-0.25, -0.2) is 5.43 Å². The fraction of sp³-hybridized carbons (Fsp3) is 0.444. The SMILES string of the molecule is COc1cccc(CC(=O)N2CCN(C(=O)C3=NNC(=O)CC3)CC2)c1. The molecular formula is C18H22N4O4. The Bertz CT molecular complexity index is 738. The van der Waals surface area contributed by atoms with E-state index < -0.39 is 0 Å². The Morgan fingerprint density at radius 3 is 2.54 bits per heavy atom. The second-order valence-corrected chi connectivity index (χ2v) is 6.29. The Kier molecular flexibility index (Phi) is 5.50. The first kappa shape index (κ1) is 17.9. The first-order chi connectivity index (χ1) is 12.6. The van der Waals surface area contributed by atoms with Crippen LogP contribution >= 0.6 is 0 Å². The second kappa shape index (κ2) is 7.99. The van der Waals surface area contributed by atoms with Crippen molar-refractivity contribution in [3.8, 4) is 5.75 Å². The van der Waals surface area contributed by atoms with E-state index in [0.29, 0.717) is 44.7 Å². The highest BCUT2D eigenvalue weighted by atomic mass is 16.5. The number of carbonyl (C=O) groups excluding carboxylic acids is 3. The van der Waals surface area contributed by atoms with Crippen molar-refractivity contribution in [3.05, 3.63) is 29.8 Å². The van der Waals surface area contributed by atoms with Crippen molar-refractivity contribution in [2.45, 2.75) is 19.3 Å². The van der Waals surface area contributed by atoms with Crippen LogP contribution in [0.2, 0.25) is 0 Å². The van der Waals surface area contributed by atoms with E-state index in [2.05, 4.69) is 10.5 Å². The molecule has 2 aliphatic heterocycles. The molecule has 1 fully saturated rings. The average molecular weight is 358 g/mol. The third kappa shape index (κ3) is 4.19. The van der Waals surface area contributed by atoms with Gasteiger partial charge in [0.25, 0.3) is 5.91 Å². The van der Waals surface area contributed by atoms with Crippen LogP contribution in [0.4, 0.5) is 0 Å². The topological polar surface area (TPSA) is 91.3 Å². The molecule has 3 rings (SSSR count). The van der Waals surface area contributed by atoms with Gasteiger partial charge in [0.1, 0.15) is 11.5 Å². The number of amides is 3. The van der Waals surface area contributed by atoms with Crippen molar-refractivity contribution in [1.82, 2.24) is 15.2 Å². The summed E-state index contributed by atoms with van der Waals surface area (Å²) in [5, 5.41) is 3.85. The second-order valence-electron chi connectivity index (χ2n) is 6.29. The smallest absolute Gasteiger partial charge is 0.270 e. The van der Waals surface area contributed by atoms with Gasteiger partial charge in [0, 0.05) is 39.0 Å². The Morgan fingerprint density at radius 1 is 1.15 bits per heavy atom. The first-order valence-corrected chi connectivity index (χ1v) is 8.62. The number of ether oxygens (including phenoxy) is 1. The van der Waals surface area contributed by atoms with Crippen LogP contribution in [-0.4, -0.2) is 66.5 Å². The third-order valence-corrected chi connectivity index (χ3v) is 4.56. The number of hydrogen-bond donors (Lipinski definition) is 1. The van der Waals surface area contributed by atoms with Crippen LogP contribution < -0.4 is 10.2 Å². The van der Waals surface area contributed by atoms with Crippen molar-refractivity contribution in [2.24, 2.45) is 5.10 Å². The van der Waals surface area contributed by atoms with E-state index in [4.69, 9.17) is 4.74 Å². The average Bonchev–Trinajstić information content (AvgIpc) is 2.68. The van der Waals surface area contributed by atoms with E-state index in [1.54, 1.807) is 16.9 Å². The van der Waals surface area contributed by atoms with Crippen molar-refractivity contribution in [2.75, 3.05) is 33.3 Å². The molecule has 0 bridgehead atoms. The zero-order valence-corrected chi connectivity index (χ0v) is 14.7. The van der Waals surface area contributed by atoms with Gasteiger partial charge in [0.05, 0.1) is 13.5 Å². The van der Waals surface area contributed by atoms with Crippen molar-refractivity contribution < 1.29 is 19.1 Å². The quantitative estimate of drug-likeness (QED) is 0.831. The number of carbonyl (C=O) groups is 3. The van der Waals surface area contributed by atoms with Gasteiger partial charge in [-0.15, -0.1) is 0 Å². The van der Waals surface area contributed by atoms with Gasteiger partial charge in [-0.2, -0.15) is 5.10 Å². The van der Waals surface area contributed by atoms with Gasteiger partial charge >= 0.3 is 0 Å². The number of nitrogens with zero attached hydrogens (tertiary/aromatic N) is 3. The van der Waals surface area contributed by atoms with Gasteiger partial charge in [-0.05, 0) is 17.7 Å². The van der Waals surface area contributed by atoms with Crippen LogP contribution in [0.5, 0.6) is 5.75 Å². The van der Waals surface area contributed by atoms with Crippen LogP contribution in [0, 0.1) is 0 Å². The molecule has 0 atom stereocenters.